The van der Waals surface area contributed by atoms with Gasteiger partial charge in [0.2, 0.25) is 0 Å². The number of hydrogen-bond acceptors (Lipinski definition) is 4. The number of carboxylic acid groups (broad SMARTS) is 1. The first-order valence-corrected chi connectivity index (χ1v) is 7.50. The molecule has 0 fully saturated rings. The number of ether oxygens (including phenoxy) is 1. The first-order valence-electron chi connectivity index (χ1n) is 6.62. The van der Waals surface area contributed by atoms with E-state index in [1.807, 2.05) is 41.0 Å². The molecule has 0 aliphatic heterocycles. The maximum atomic E-state index is 10.8. The highest BCUT2D eigenvalue weighted by molar-refractivity contribution is 7.15. The number of carbonyl (C=O) groups is 1. The van der Waals surface area contributed by atoms with Crippen LogP contribution in [0.4, 0.5) is 0 Å². The van der Waals surface area contributed by atoms with Crippen LogP contribution < -0.4 is 4.74 Å². The van der Waals surface area contributed by atoms with Crippen molar-refractivity contribution in [3.05, 3.63) is 47.1 Å². The molecule has 0 atom stereocenters. The summed E-state index contributed by atoms with van der Waals surface area (Å²) in [4.78, 5) is 16.1. The number of rotatable bonds is 4. The van der Waals surface area contributed by atoms with Crippen molar-refractivity contribution in [2.45, 2.75) is 6.92 Å². The van der Waals surface area contributed by atoms with E-state index in [0.29, 0.717) is 0 Å². The maximum absolute atomic E-state index is 10.8. The van der Waals surface area contributed by atoms with Gasteiger partial charge in [0.25, 0.3) is 0 Å². The molecule has 0 unspecified atom stereocenters. The standard InChI is InChI=1S/C16H14N2O3S/c1-10-12(7-8-15(19)20)18-13(9-22-16(18)17-10)11-5-3-4-6-14(11)21-2/h3-9H,1-2H3,(H,19,20)/b8-7+. The summed E-state index contributed by atoms with van der Waals surface area (Å²) in [5, 5.41) is 10.9. The van der Waals surface area contributed by atoms with E-state index in [2.05, 4.69) is 4.98 Å². The number of methoxy groups -OCH3 is 1. The Morgan fingerprint density at radius 3 is 2.91 bits per heavy atom. The lowest BCUT2D eigenvalue weighted by atomic mass is 10.1. The predicted molar refractivity (Wildman–Crippen MR) is 86.5 cm³/mol. The molecular formula is C16H14N2O3S. The van der Waals surface area contributed by atoms with E-state index in [9.17, 15) is 4.79 Å². The van der Waals surface area contributed by atoms with Gasteiger partial charge in [0, 0.05) is 17.0 Å². The number of aryl methyl sites for hydroxylation is 1. The van der Waals surface area contributed by atoms with Crippen molar-refractivity contribution in [3.63, 3.8) is 0 Å². The molecule has 2 aromatic heterocycles. The molecule has 6 heteroatoms. The van der Waals surface area contributed by atoms with Gasteiger partial charge in [0.1, 0.15) is 5.75 Å². The first-order chi connectivity index (χ1) is 10.6. The molecule has 22 heavy (non-hydrogen) atoms. The smallest absolute Gasteiger partial charge is 0.328 e. The van der Waals surface area contributed by atoms with Gasteiger partial charge in [-0.1, -0.05) is 12.1 Å². The highest BCUT2D eigenvalue weighted by Gasteiger charge is 2.16. The zero-order valence-electron chi connectivity index (χ0n) is 12.1. The van der Waals surface area contributed by atoms with Crippen molar-refractivity contribution < 1.29 is 14.6 Å². The molecule has 0 saturated carbocycles. The van der Waals surface area contributed by atoms with Crippen molar-refractivity contribution in [1.29, 1.82) is 0 Å². The SMILES string of the molecule is COc1ccccc1-c1csc2nc(C)c(/C=C/C(=O)O)n12. The second-order valence-corrected chi connectivity index (χ2v) is 5.53. The molecule has 112 valence electrons. The Morgan fingerprint density at radius 1 is 1.41 bits per heavy atom. The average Bonchev–Trinajstić information content (AvgIpc) is 3.03. The van der Waals surface area contributed by atoms with Gasteiger partial charge in [-0.3, -0.25) is 4.40 Å². The van der Waals surface area contributed by atoms with E-state index in [-0.39, 0.29) is 0 Å². The third kappa shape index (κ3) is 2.37. The highest BCUT2D eigenvalue weighted by atomic mass is 32.1. The molecule has 0 bridgehead atoms. The largest absolute Gasteiger partial charge is 0.496 e. The van der Waals surface area contributed by atoms with Crippen LogP contribution in [0.5, 0.6) is 5.75 Å². The lowest BCUT2D eigenvalue weighted by molar-refractivity contribution is -0.131. The van der Waals surface area contributed by atoms with Gasteiger partial charge < -0.3 is 9.84 Å². The van der Waals surface area contributed by atoms with Crippen LogP contribution in [0.2, 0.25) is 0 Å². The molecular weight excluding hydrogens is 300 g/mol. The molecule has 2 heterocycles. The van der Waals surface area contributed by atoms with Crippen LogP contribution in [0.3, 0.4) is 0 Å². The summed E-state index contributed by atoms with van der Waals surface area (Å²) in [7, 11) is 1.63. The number of para-hydroxylation sites is 1. The van der Waals surface area contributed by atoms with Crippen LogP contribution in [0, 0.1) is 6.92 Å². The minimum Gasteiger partial charge on any atom is -0.496 e. The molecule has 1 aromatic carbocycles. The maximum Gasteiger partial charge on any atom is 0.328 e. The topological polar surface area (TPSA) is 63.8 Å². The number of carboxylic acids is 1. The van der Waals surface area contributed by atoms with E-state index in [1.165, 1.54) is 11.3 Å². The molecule has 0 spiro atoms. The quantitative estimate of drug-likeness (QED) is 0.749. The van der Waals surface area contributed by atoms with Crippen molar-refractivity contribution >= 4 is 28.3 Å². The molecule has 0 radical (unpaired) electrons. The normalized spacial score (nSPS) is 11.4. The van der Waals surface area contributed by atoms with Gasteiger partial charge in [-0.2, -0.15) is 0 Å². The van der Waals surface area contributed by atoms with Gasteiger partial charge in [-0.15, -0.1) is 11.3 Å². The van der Waals surface area contributed by atoms with E-state index in [1.54, 1.807) is 13.2 Å². The third-order valence-electron chi connectivity index (χ3n) is 3.35. The van der Waals surface area contributed by atoms with Crippen molar-refractivity contribution in [2.24, 2.45) is 0 Å². The van der Waals surface area contributed by atoms with Crippen molar-refractivity contribution in [2.75, 3.05) is 7.11 Å². The van der Waals surface area contributed by atoms with Crippen LogP contribution in [0.1, 0.15) is 11.4 Å². The molecule has 3 rings (SSSR count). The number of benzene rings is 1. The van der Waals surface area contributed by atoms with Crippen LogP contribution in [0.15, 0.2) is 35.7 Å². The monoisotopic (exact) mass is 314 g/mol. The number of nitrogens with zero attached hydrogens (tertiary/aromatic N) is 2. The zero-order valence-corrected chi connectivity index (χ0v) is 12.9. The van der Waals surface area contributed by atoms with Crippen molar-refractivity contribution in [1.82, 2.24) is 9.38 Å². The Hall–Kier alpha value is -2.60. The lowest BCUT2D eigenvalue weighted by Gasteiger charge is -2.08. The second-order valence-electron chi connectivity index (χ2n) is 4.69. The fourth-order valence-electron chi connectivity index (χ4n) is 2.37. The summed E-state index contributed by atoms with van der Waals surface area (Å²) in [6, 6.07) is 7.73. The van der Waals surface area contributed by atoms with E-state index in [4.69, 9.17) is 9.84 Å². The molecule has 1 N–H and O–H groups in total. The van der Waals surface area contributed by atoms with Crippen LogP contribution in [0.25, 0.3) is 22.3 Å². The number of thiazole rings is 1. The number of imidazole rings is 1. The van der Waals surface area contributed by atoms with Gasteiger partial charge in [-0.05, 0) is 25.1 Å². The van der Waals surface area contributed by atoms with Crippen LogP contribution in [-0.2, 0) is 4.79 Å². The molecule has 0 amide bonds. The molecule has 0 aliphatic rings. The Balaban J connectivity index is 2.25. The molecule has 0 saturated heterocycles. The summed E-state index contributed by atoms with van der Waals surface area (Å²) in [6.45, 7) is 1.87. The van der Waals surface area contributed by atoms with E-state index < -0.39 is 5.97 Å². The Bertz CT molecular complexity index is 877. The summed E-state index contributed by atoms with van der Waals surface area (Å²) in [6.07, 6.45) is 2.70. The first kappa shape index (κ1) is 14.3. The predicted octanol–water partition coefficient (Wildman–Crippen LogP) is 3.48. The third-order valence-corrected chi connectivity index (χ3v) is 4.18. The summed E-state index contributed by atoms with van der Waals surface area (Å²) in [5.41, 5.74) is 3.43. The summed E-state index contributed by atoms with van der Waals surface area (Å²) in [5.74, 6) is -0.217. The number of aromatic nitrogens is 2. The van der Waals surface area contributed by atoms with E-state index in [0.717, 1.165) is 39.4 Å². The lowest BCUT2D eigenvalue weighted by Crippen LogP contribution is -1.94. The molecule has 0 aliphatic carbocycles. The zero-order chi connectivity index (χ0) is 15.7. The Kier molecular flexibility index (Phi) is 3.68. The van der Waals surface area contributed by atoms with Crippen LogP contribution >= 0.6 is 11.3 Å². The fourth-order valence-corrected chi connectivity index (χ4v) is 3.32. The number of fused-ring (bicyclic) bond motifs is 1. The molecule has 5 nitrogen and oxygen atoms in total. The second kappa shape index (κ2) is 5.65. The summed E-state index contributed by atoms with van der Waals surface area (Å²) < 4.78 is 7.38. The highest BCUT2D eigenvalue weighted by Crippen LogP contribution is 2.34. The minimum absolute atomic E-state index is 0.763. The van der Waals surface area contributed by atoms with Gasteiger partial charge >= 0.3 is 5.97 Å². The minimum atomic E-state index is -0.983. The number of aliphatic carboxylic acids is 1. The number of hydrogen-bond donors (Lipinski definition) is 1. The molecule has 3 aromatic rings. The van der Waals surface area contributed by atoms with E-state index >= 15 is 0 Å². The van der Waals surface area contributed by atoms with Crippen molar-refractivity contribution in [3.8, 4) is 17.0 Å². The summed E-state index contributed by atoms with van der Waals surface area (Å²) >= 11 is 1.51. The van der Waals surface area contributed by atoms with Gasteiger partial charge in [-0.25, -0.2) is 9.78 Å². The van der Waals surface area contributed by atoms with Crippen LogP contribution in [-0.4, -0.2) is 27.6 Å². The van der Waals surface area contributed by atoms with Gasteiger partial charge in [0.15, 0.2) is 4.96 Å². The van der Waals surface area contributed by atoms with Gasteiger partial charge in [0.05, 0.1) is 24.2 Å². The fraction of sp³-hybridized carbons (Fsp3) is 0.125. The Labute approximate surface area is 131 Å². The average molecular weight is 314 g/mol. The Morgan fingerprint density at radius 2 is 2.18 bits per heavy atom.